The van der Waals surface area contributed by atoms with Gasteiger partial charge in [0.05, 0.1) is 6.07 Å². The molecule has 2 nitrogen and oxygen atoms in total. The molecule has 0 spiro atoms. The predicted molar refractivity (Wildman–Crippen MR) is 79.5 cm³/mol. The van der Waals surface area contributed by atoms with Gasteiger partial charge < -0.3 is 0 Å². The van der Waals surface area contributed by atoms with Gasteiger partial charge in [0.2, 0.25) is 0 Å². The minimum absolute atomic E-state index is 0.101. The van der Waals surface area contributed by atoms with Gasteiger partial charge in [-0.3, -0.25) is 4.79 Å². The number of hydrogen-bond donors (Lipinski definition) is 0. The molecule has 0 bridgehead atoms. The van der Waals surface area contributed by atoms with Gasteiger partial charge in [-0.15, -0.1) is 0 Å². The highest BCUT2D eigenvalue weighted by Gasteiger charge is 2.22. The van der Waals surface area contributed by atoms with Crippen molar-refractivity contribution < 1.29 is 4.79 Å². The van der Waals surface area contributed by atoms with E-state index in [0.717, 1.165) is 16.7 Å². The normalized spacial score (nSPS) is 11.6. The van der Waals surface area contributed by atoms with Crippen LogP contribution in [0.1, 0.15) is 40.2 Å². The summed E-state index contributed by atoms with van der Waals surface area (Å²) in [6.07, 6.45) is 0.949. The largest absolute Gasteiger partial charge is 0.293 e. The molecule has 0 radical (unpaired) electrons. The van der Waals surface area contributed by atoms with Gasteiger partial charge in [0.25, 0.3) is 0 Å². The van der Waals surface area contributed by atoms with Crippen LogP contribution in [0.4, 0.5) is 0 Å². The first-order valence-corrected chi connectivity index (χ1v) is 6.75. The predicted octanol–water partition coefficient (Wildman–Crippen LogP) is 4.27. The standard InChI is InChI=1S/C18H17NO/c1-14-8-5-6-11-16(14)18(20)17(12-7-13-19)15-9-3-2-4-10-15/h2-6,8-11,17H,7,12H2,1H3. The second kappa shape index (κ2) is 6.68. The second-order valence-electron chi connectivity index (χ2n) is 4.84. The van der Waals surface area contributed by atoms with Gasteiger partial charge in [-0.25, -0.2) is 0 Å². The molecule has 0 saturated carbocycles. The van der Waals surface area contributed by atoms with Crippen molar-refractivity contribution in [1.29, 1.82) is 5.26 Å². The van der Waals surface area contributed by atoms with Crippen LogP contribution in [0.15, 0.2) is 54.6 Å². The van der Waals surface area contributed by atoms with Crippen LogP contribution < -0.4 is 0 Å². The number of rotatable bonds is 5. The molecule has 2 aromatic carbocycles. The quantitative estimate of drug-likeness (QED) is 0.756. The van der Waals surface area contributed by atoms with E-state index in [1.54, 1.807) is 0 Å². The van der Waals surface area contributed by atoms with E-state index in [-0.39, 0.29) is 11.7 Å². The molecule has 0 fully saturated rings. The molecule has 0 N–H and O–H groups in total. The number of carbonyl (C=O) groups is 1. The van der Waals surface area contributed by atoms with Crippen molar-refractivity contribution in [3.8, 4) is 6.07 Å². The van der Waals surface area contributed by atoms with Crippen molar-refractivity contribution in [2.45, 2.75) is 25.7 Å². The lowest BCUT2D eigenvalue weighted by Crippen LogP contribution is -2.14. The summed E-state index contributed by atoms with van der Waals surface area (Å²) in [6.45, 7) is 1.94. The molecule has 0 aliphatic carbocycles. The Labute approximate surface area is 119 Å². The van der Waals surface area contributed by atoms with Crippen molar-refractivity contribution in [3.63, 3.8) is 0 Å². The summed E-state index contributed by atoms with van der Waals surface area (Å²) in [7, 11) is 0. The first kappa shape index (κ1) is 14.0. The fraction of sp³-hybridized carbons (Fsp3) is 0.222. The van der Waals surface area contributed by atoms with Crippen LogP contribution in [-0.4, -0.2) is 5.78 Å². The molecule has 0 heterocycles. The van der Waals surface area contributed by atoms with Gasteiger partial charge >= 0.3 is 0 Å². The number of nitriles is 1. The van der Waals surface area contributed by atoms with Gasteiger partial charge in [0, 0.05) is 17.9 Å². The van der Waals surface area contributed by atoms with E-state index in [4.69, 9.17) is 5.26 Å². The molecule has 0 amide bonds. The Morgan fingerprint density at radius 2 is 1.75 bits per heavy atom. The van der Waals surface area contributed by atoms with Crippen LogP contribution in [0.25, 0.3) is 0 Å². The van der Waals surface area contributed by atoms with Gasteiger partial charge in [-0.05, 0) is 24.5 Å². The SMILES string of the molecule is Cc1ccccc1C(=O)C(CCC#N)c1ccccc1. The number of ketones is 1. The van der Waals surface area contributed by atoms with Crippen LogP contribution in [0.2, 0.25) is 0 Å². The summed E-state index contributed by atoms with van der Waals surface area (Å²) in [5, 5.41) is 8.81. The Morgan fingerprint density at radius 1 is 1.10 bits per heavy atom. The van der Waals surface area contributed by atoms with E-state index in [0.29, 0.717) is 12.8 Å². The molecule has 0 saturated heterocycles. The van der Waals surface area contributed by atoms with E-state index in [1.807, 2.05) is 61.5 Å². The zero-order chi connectivity index (χ0) is 14.4. The minimum Gasteiger partial charge on any atom is -0.293 e. The fourth-order valence-corrected chi connectivity index (χ4v) is 2.38. The van der Waals surface area contributed by atoms with E-state index < -0.39 is 0 Å². The highest BCUT2D eigenvalue weighted by molar-refractivity contribution is 6.02. The molecule has 2 rings (SSSR count). The fourth-order valence-electron chi connectivity index (χ4n) is 2.38. The molecule has 100 valence electrons. The maximum Gasteiger partial charge on any atom is 0.170 e. The van der Waals surface area contributed by atoms with E-state index in [1.165, 1.54) is 0 Å². The molecular weight excluding hydrogens is 246 g/mol. The van der Waals surface area contributed by atoms with Crippen LogP contribution in [-0.2, 0) is 0 Å². The maximum atomic E-state index is 12.8. The van der Waals surface area contributed by atoms with Gasteiger partial charge in [-0.2, -0.15) is 5.26 Å². The average Bonchev–Trinajstić information content (AvgIpc) is 2.49. The van der Waals surface area contributed by atoms with Crippen LogP contribution in [0.3, 0.4) is 0 Å². The van der Waals surface area contributed by atoms with Crippen molar-refractivity contribution in [2.75, 3.05) is 0 Å². The number of nitrogens with zero attached hydrogens (tertiary/aromatic N) is 1. The highest BCUT2D eigenvalue weighted by atomic mass is 16.1. The minimum atomic E-state index is -0.239. The zero-order valence-corrected chi connectivity index (χ0v) is 11.5. The first-order chi connectivity index (χ1) is 9.74. The molecular formula is C18H17NO. The zero-order valence-electron chi connectivity index (χ0n) is 11.5. The van der Waals surface area contributed by atoms with E-state index in [2.05, 4.69) is 6.07 Å². The summed E-state index contributed by atoms with van der Waals surface area (Å²) >= 11 is 0. The Kier molecular flexibility index (Phi) is 4.68. The smallest absolute Gasteiger partial charge is 0.170 e. The summed E-state index contributed by atoms with van der Waals surface area (Å²) in [6, 6.07) is 19.5. The third-order valence-electron chi connectivity index (χ3n) is 3.47. The number of benzene rings is 2. The lowest BCUT2D eigenvalue weighted by atomic mass is 9.86. The summed E-state index contributed by atoms with van der Waals surface area (Å²) in [4.78, 5) is 12.8. The Balaban J connectivity index is 2.35. The van der Waals surface area contributed by atoms with E-state index >= 15 is 0 Å². The maximum absolute atomic E-state index is 12.8. The first-order valence-electron chi connectivity index (χ1n) is 6.75. The van der Waals surface area contributed by atoms with Crippen molar-refractivity contribution >= 4 is 5.78 Å². The molecule has 20 heavy (non-hydrogen) atoms. The number of aryl methyl sites for hydroxylation is 1. The molecule has 1 unspecified atom stereocenters. The van der Waals surface area contributed by atoms with Gasteiger partial charge in [0.15, 0.2) is 5.78 Å². The third kappa shape index (κ3) is 3.13. The molecule has 0 aliphatic rings. The highest BCUT2D eigenvalue weighted by Crippen LogP contribution is 2.26. The molecule has 2 aromatic rings. The van der Waals surface area contributed by atoms with Crippen molar-refractivity contribution in [2.24, 2.45) is 0 Å². The number of Topliss-reactive ketones (excluding diaryl/α,β-unsaturated/α-hetero) is 1. The lowest BCUT2D eigenvalue weighted by molar-refractivity contribution is 0.0955. The molecule has 2 heteroatoms. The third-order valence-corrected chi connectivity index (χ3v) is 3.47. The second-order valence-corrected chi connectivity index (χ2v) is 4.84. The van der Waals surface area contributed by atoms with Gasteiger partial charge in [-0.1, -0.05) is 54.6 Å². The average molecular weight is 263 g/mol. The monoisotopic (exact) mass is 263 g/mol. The number of hydrogen-bond acceptors (Lipinski definition) is 2. The molecule has 0 aromatic heterocycles. The lowest BCUT2D eigenvalue weighted by Gasteiger charge is -2.16. The van der Waals surface area contributed by atoms with Gasteiger partial charge in [0.1, 0.15) is 0 Å². The van der Waals surface area contributed by atoms with Crippen molar-refractivity contribution in [3.05, 3.63) is 71.3 Å². The molecule has 0 aliphatic heterocycles. The van der Waals surface area contributed by atoms with Crippen LogP contribution in [0, 0.1) is 18.3 Å². The van der Waals surface area contributed by atoms with Crippen LogP contribution in [0.5, 0.6) is 0 Å². The van der Waals surface area contributed by atoms with E-state index in [9.17, 15) is 4.79 Å². The number of carbonyl (C=O) groups excluding carboxylic acids is 1. The summed E-state index contributed by atoms with van der Waals surface area (Å²) in [5.41, 5.74) is 2.71. The topological polar surface area (TPSA) is 40.9 Å². The Morgan fingerprint density at radius 3 is 2.40 bits per heavy atom. The van der Waals surface area contributed by atoms with Crippen molar-refractivity contribution in [1.82, 2.24) is 0 Å². The Hall–Kier alpha value is -2.40. The molecule has 1 atom stereocenters. The van der Waals surface area contributed by atoms with Crippen LogP contribution >= 0.6 is 0 Å². The summed E-state index contributed by atoms with van der Waals surface area (Å²) in [5.74, 6) is -0.138. The summed E-state index contributed by atoms with van der Waals surface area (Å²) < 4.78 is 0. The Bertz CT molecular complexity index is 625.